The second kappa shape index (κ2) is 4.89. The first-order chi connectivity index (χ1) is 8.67. The highest BCUT2D eigenvalue weighted by atomic mass is 16.2. The second-order valence-corrected chi connectivity index (χ2v) is 4.19. The first-order valence-corrected chi connectivity index (χ1v) is 5.71. The summed E-state index contributed by atoms with van der Waals surface area (Å²) in [5, 5.41) is 0. The minimum Gasteiger partial charge on any atom is -0.274 e. The number of hydrogen-bond acceptors (Lipinski definition) is 2. The second-order valence-electron chi connectivity index (χ2n) is 4.19. The van der Waals surface area contributed by atoms with Gasteiger partial charge >= 0.3 is 0 Å². The molecule has 1 aliphatic rings. The van der Waals surface area contributed by atoms with E-state index in [-0.39, 0.29) is 24.2 Å². The molecule has 0 spiro atoms. The standard InChI is InChI=1S/C15H13NO2/c1-3-6-12-10-14(17)16(15(12)18)13-8-5-7-11(4-2)9-13/h2-3,5,7-9,12H,1,6,10H2. The van der Waals surface area contributed by atoms with E-state index in [1.807, 2.05) is 0 Å². The molecule has 18 heavy (non-hydrogen) atoms. The van der Waals surface area contributed by atoms with E-state index in [1.165, 1.54) is 4.90 Å². The predicted octanol–water partition coefficient (Wildman–Crippen LogP) is 2.12. The fourth-order valence-corrected chi connectivity index (χ4v) is 2.09. The van der Waals surface area contributed by atoms with Gasteiger partial charge in [-0.05, 0) is 24.6 Å². The number of carbonyl (C=O) groups is 2. The van der Waals surface area contributed by atoms with Crippen molar-refractivity contribution in [2.24, 2.45) is 5.92 Å². The summed E-state index contributed by atoms with van der Waals surface area (Å²) in [6, 6.07) is 6.89. The largest absolute Gasteiger partial charge is 0.274 e. The number of hydrogen-bond donors (Lipinski definition) is 0. The number of nitrogens with zero attached hydrogens (tertiary/aromatic N) is 1. The van der Waals surface area contributed by atoms with Crippen molar-refractivity contribution < 1.29 is 9.59 Å². The number of terminal acetylenes is 1. The highest BCUT2D eigenvalue weighted by Gasteiger charge is 2.38. The van der Waals surface area contributed by atoms with Crippen LogP contribution in [-0.4, -0.2) is 11.8 Å². The molecule has 2 amide bonds. The Morgan fingerprint density at radius 3 is 2.94 bits per heavy atom. The smallest absolute Gasteiger partial charge is 0.237 e. The van der Waals surface area contributed by atoms with Gasteiger partial charge in [0.1, 0.15) is 0 Å². The van der Waals surface area contributed by atoms with Crippen LogP contribution in [0.1, 0.15) is 18.4 Å². The zero-order valence-electron chi connectivity index (χ0n) is 9.93. The quantitative estimate of drug-likeness (QED) is 0.460. The summed E-state index contributed by atoms with van der Waals surface area (Å²) >= 11 is 0. The van der Waals surface area contributed by atoms with Crippen LogP contribution in [-0.2, 0) is 9.59 Å². The first kappa shape index (κ1) is 12.1. The Balaban J connectivity index is 2.33. The highest BCUT2D eigenvalue weighted by molar-refractivity contribution is 6.21. The Morgan fingerprint density at radius 2 is 2.28 bits per heavy atom. The third-order valence-corrected chi connectivity index (χ3v) is 2.96. The van der Waals surface area contributed by atoms with Crippen LogP contribution in [0.2, 0.25) is 0 Å². The number of carbonyl (C=O) groups excluding carboxylic acids is 2. The molecule has 3 nitrogen and oxygen atoms in total. The minimum absolute atomic E-state index is 0.172. The molecule has 0 aliphatic carbocycles. The lowest BCUT2D eigenvalue weighted by Crippen LogP contribution is -2.30. The molecule has 3 heteroatoms. The Labute approximate surface area is 106 Å². The summed E-state index contributed by atoms with van der Waals surface area (Å²) in [6.45, 7) is 3.60. The number of allylic oxidation sites excluding steroid dienone is 1. The zero-order valence-corrected chi connectivity index (χ0v) is 9.93. The first-order valence-electron chi connectivity index (χ1n) is 5.71. The fraction of sp³-hybridized carbons (Fsp3) is 0.200. The molecular formula is C15H13NO2. The Morgan fingerprint density at radius 1 is 1.50 bits per heavy atom. The number of amides is 2. The van der Waals surface area contributed by atoms with Crippen molar-refractivity contribution in [3.63, 3.8) is 0 Å². The summed E-state index contributed by atoms with van der Waals surface area (Å²) in [7, 11) is 0. The lowest BCUT2D eigenvalue weighted by molar-refractivity contribution is -0.122. The van der Waals surface area contributed by atoms with Crippen LogP contribution in [0, 0.1) is 18.3 Å². The molecule has 0 aromatic heterocycles. The van der Waals surface area contributed by atoms with E-state index in [9.17, 15) is 9.59 Å². The van der Waals surface area contributed by atoms with E-state index in [0.29, 0.717) is 17.7 Å². The predicted molar refractivity (Wildman–Crippen MR) is 69.8 cm³/mol. The summed E-state index contributed by atoms with van der Waals surface area (Å²) < 4.78 is 0. The highest BCUT2D eigenvalue weighted by Crippen LogP contribution is 2.28. The van der Waals surface area contributed by atoms with Crippen LogP contribution >= 0.6 is 0 Å². The molecule has 1 heterocycles. The SMILES string of the molecule is C#Cc1cccc(N2C(=O)CC(CC=C)C2=O)c1. The van der Waals surface area contributed by atoms with Crippen molar-refractivity contribution in [1.82, 2.24) is 0 Å². The molecule has 1 aromatic carbocycles. The fourth-order valence-electron chi connectivity index (χ4n) is 2.09. The normalized spacial score (nSPS) is 18.8. The van der Waals surface area contributed by atoms with Gasteiger partial charge in [0, 0.05) is 12.0 Å². The van der Waals surface area contributed by atoms with E-state index in [1.54, 1.807) is 30.3 Å². The molecule has 0 saturated carbocycles. The maximum Gasteiger partial charge on any atom is 0.237 e. The summed E-state index contributed by atoms with van der Waals surface area (Å²) in [4.78, 5) is 25.2. The zero-order chi connectivity index (χ0) is 13.1. The molecular weight excluding hydrogens is 226 g/mol. The van der Waals surface area contributed by atoms with Gasteiger partial charge in [0.15, 0.2) is 0 Å². The molecule has 0 bridgehead atoms. The molecule has 1 unspecified atom stereocenters. The van der Waals surface area contributed by atoms with E-state index in [4.69, 9.17) is 6.42 Å². The van der Waals surface area contributed by atoms with Gasteiger partial charge in [-0.25, -0.2) is 0 Å². The van der Waals surface area contributed by atoms with Crippen LogP contribution in [0.4, 0.5) is 5.69 Å². The van der Waals surface area contributed by atoms with Crippen molar-refractivity contribution >= 4 is 17.5 Å². The van der Waals surface area contributed by atoms with Gasteiger partial charge in [0.05, 0.1) is 11.6 Å². The van der Waals surface area contributed by atoms with Crippen molar-refractivity contribution in [3.8, 4) is 12.3 Å². The van der Waals surface area contributed by atoms with Crippen LogP contribution in [0.25, 0.3) is 0 Å². The van der Waals surface area contributed by atoms with E-state index in [0.717, 1.165) is 0 Å². The molecule has 1 fully saturated rings. The van der Waals surface area contributed by atoms with Gasteiger partial charge in [-0.2, -0.15) is 0 Å². The van der Waals surface area contributed by atoms with Gasteiger partial charge < -0.3 is 0 Å². The van der Waals surface area contributed by atoms with Crippen molar-refractivity contribution in [1.29, 1.82) is 0 Å². The van der Waals surface area contributed by atoms with E-state index < -0.39 is 0 Å². The minimum atomic E-state index is -0.288. The average Bonchev–Trinajstić information content (AvgIpc) is 2.65. The molecule has 1 saturated heterocycles. The maximum atomic E-state index is 12.1. The molecule has 0 N–H and O–H groups in total. The molecule has 0 radical (unpaired) electrons. The summed E-state index contributed by atoms with van der Waals surface area (Å²) in [5.74, 6) is 1.85. The van der Waals surface area contributed by atoms with Gasteiger partial charge in [0.2, 0.25) is 11.8 Å². The van der Waals surface area contributed by atoms with Gasteiger partial charge in [-0.3, -0.25) is 14.5 Å². The molecule has 2 rings (SSSR count). The van der Waals surface area contributed by atoms with Crippen molar-refractivity contribution in [2.45, 2.75) is 12.8 Å². The maximum absolute atomic E-state index is 12.1. The molecule has 90 valence electrons. The van der Waals surface area contributed by atoms with Crippen LogP contribution in [0.15, 0.2) is 36.9 Å². The molecule has 1 aromatic rings. The van der Waals surface area contributed by atoms with Crippen LogP contribution in [0.3, 0.4) is 0 Å². The monoisotopic (exact) mass is 239 g/mol. The Bertz CT molecular complexity index is 554. The number of anilines is 1. The Hall–Kier alpha value is -2.34. The van der Waals surface area contributed by atoms with Gasteiger partial charge in [-0.1, -0.05) is 18.1 Å². The molecule has 1 atom stereocenters. The topological polar surface area (TPSA) is 37.4 Å². The van der Waals surface area contributed by atoms with Crippen molar-refractivity contribution in [3.05, 3.63) is 42.5 Å². The number of rotatable bonds is 3. The van der Waals surface area contributed by atoms with Gasteiger partial charge in [-0.15, -0.1) is 13.0 Å². The van der Waals surface area contributed by atoms with Crippen LogP contribution < -0.4 is 4.90 Å². The third-order valence-electron chi connectivity index (χ3n) is 2.96. The third kappa shape index (κ3) is 2.05. The van der Waals surface area contributed by atoms with Gasteiger partial charge in [0.25, 0.3) is 0 Å². The van der Waals surface area contributed by atoms with E-state index >= 15 is 0 Å². The van der Waals surface area contributed by atoms with Crippen molar-refractivity contribution in [2.75, 3.05) is 4.90 Å². The average molecular weight is 239 g/mol. The lowest BCUT2D eigenvalue weighted by Gasteiger charge is -2.14. The summed E-state index contributed by atoms with van der Waals surface area (Å²) in [6.07, 6.45) is 7.74. The van der Waals surface area contributed by atoms with E-state index in [2.05, 4.69) is 12.5 Å². The lowest BCUT2D eigenvalue weighted by atomic mass is 10.0. The molecule has 1 aliphatic heterocycles. The van der Waals surface area contributed by atoms with Crippen LogP contribution in [0.5, 0.6) is 0 Å². The number of benzene rings is 1. The summed E-state index contributed by atoms with van der Waals surface area (Å²) in [5.41, 5.74) is 1.20. The Kier molecular flexibility index (Phi) is 3.29. The number of imide groups is 1.